The number of aliphatic hydroxyl groups is 1. The van der Waals surface area contributed by atoms with Gasteiger partial charge in [-0.15, -0.1) is 0 Å². The van der Waals surface area contributed by atoms with Gasteiger partial charge in [0.25, 0.3) is 0 Å². The molecule has 3 nitrogen and oxygen atoms in total. The summed E-state index contributed by atoms with van der Waals surface area (Å²) in [6, 6.07) is 9.30. The summed E-state index contributed by atoms with van der Waals surface area (Å²) in [5.41, 5.74) is -0.118. The summed E-state index contributed by atoms with van der Waals surface area (Å²) >= 11 is -1.90. The molecular formula is C11H16O3S. The van der Waals surface area contributed by atoms with Crippen molar-refractivity contribution in [2.75, 3.05) is 5.75 Å². The molecule has 15 heavy (non-hydrogen) atoms. The molecule has 0 heterocycles. The van der Waals surface area contributed by atoms with Gasteiger partial charge in [-0.25, -0.2) is 4.21 Å². The second-order valence-electron chi connectivity index (χ2n) is 4.11. The summed E-state index contributed by atoms with van der Waals surface area (Å²) in [4.78, 5) is 0. The van der Waals surface area contributed by atoms with Gasteiger partial charge in [0.15, 0.2) is 11.1 Å². The van der Waals surface area contributed by atoms with Crippen molar-refractivity contribution < 1.29 is 13.9 Å². The molecule has 2 N–H and O–H groups in total. The Kier molecular flexibility index (Phi) is 4.02. The molecule has 0 aliphatic heterocycles. The van der Waals surface area contributed by atoms with Gasteiger partial charge in [0, 0.05) is 5.92 Å². The first-order valence-corrected chi connectivity index (χ1v) is 6.03. The van der Waals surface area contributed by atoms with Gasteiger partial charge in [0.2, 0.25) is 0 Å². The van der Waals surface area contributed by atoms with Gasteiger partial charge in [-0.1, -0.05) is 30.3 Å². The molecule has 0 radical (unpaired) electrons. The van der Waals surface area contributed by atoms with Crippen LogP contribution in [0.1, 0.15) is 25.3 Å². The Morgan fingerprint density at radius 1 is 1.33 bits per heavy atom. The number of rotatable bonds is 4. The van der Waals surface area contributed by atoms with Crippen molar-refractivity contribution in [1.29, 1.82) is 0 Å². The van der Waals surface area contributed by atoms with Crippen molar-refractivity contribution in [2.24, 2.45) is 0 Å². The van der Waals surface area contributed by atoms with E-state index in [9.17, 15) is 9.32 Å². The fraction of sp³-hybridized carbons (Fsp3) is 0.455. The molecule has 0 spiro atoms. The van der Waals surface area contributed by atoms with Gasteiger partial charge in [0.05, 0.1) is 11.4 Å². The second kappa shape index (κ2) is 4.88. The van der Waals surface area contributed by atoms with E-state index in [-0.39, 0.29) is 11.7 Å². The van der Waals surface area contributed by atoms with E-state index in [1.54, 1.807) is 13.8 Å². The lowest BCUT2D eigenvalue weighted by molar-refractivity contribution is 0.0567. The fourth-order valence-corrected chi connectivity index (χ4v) is 2.42. The average molecular weight is 228 g/mol. The highest BCUT2D eigenvalue weighted by molar-refractivity contribution is 7.79. The van der Waals surface area contributed by atoms with Crippen LogP contribution in [0.25, 0.3) is 0 Å². The smallest absolute Gasteiger partial charge is 0.153 e. The van der Waals surface area contributed by atoms with E-state index < -0.39 is 16.7 Å². The van der Waals surface area contributed by atoms with Crippen LogP contribution in [0.5, 0.6) is 0 Å². The molecular weight excluding hydrogens is 212 g/mol. The van der Waals surface area contributed by atoms with Crippen LogP contribution in [0.4, 0.5) is 0 Å². The molecule has 0 aliphatic carbocycles. The Morgan fingerprint density at radius 3 is 2.27 bits per heavy atom. The monoisotopic (exact) mass is 228 g/mol. The van der Waals surface area contributed by atoms with Crippen molar-refractivity contribution in [3.63, 3.8) is 0 Å². The van der Waals surface area contributed by atoms with E-state index in [4.69, 9.17) is 4.55 Å². The third-order valence-electron chi connectivity index (χ3n) is 2.36. The molecule has 1 aromatic carbocycles. The van der Waals surface area contributed by atoms with Crippen LogP contribution >= 0.6 is 0 Å². The van der Waals surface area contributed by atoms with E-state index in [2.05, 4.69) is 0 Å². The zero-order chi connectivity index (χ0) is 11.5. The molecule has 1 aromatic rings. The predicted octanol–water partition coefficient (Wildman–Crippen LogP) is 1.76. The van der Waals surface area contributed by atoms with E-state index in [1.807, 2.05) is 30.3 Å². The van der Waals surface area contributed by atoms with Gasteiger partial charge in [0.1, 0.15) is 0 Å². The first-order chi connectivity index (χ1) is 6.91. The summed E-state index contributed by atoms with van der Waals surface area (Å²) < 4.78 is 19.7. The minimum absolute atomic E-state index is 0.0491. The Hall–Kier alpha value is -0.710. The Labute approximate surface area is 92.4 Å². The maximum atomic E-state index is 10.8. The van der Waals surface area contributed by atoms with E-state index in [0.29, 0.717) is 0 Å². The Bertz CT molecular complexity index is 329. The van der Waals surface area contributed by atoms with Crippen molar-refractivity contribution in [3.8, 4) is 0 Å². The van der Waals surface area contributed by atoms with Crippen LogP contribution < -0.4 is 0 Å². The van der Waals surface area contributed by atoms with Crippen LogP contribution in [-0.4, -0.2) is 25.2 Å². The zero-order valence-electron chi connectivity index (χ0n) is 8.88. The normalized spacial score (nSPS) is 16.0. The summed E-state index contributed by atoms with van der Waals surface area (Å²) in [5, 5.41) is 9.93. The van der Waals surface area contributed by atoms with Crippen LogP contribution in [0, 0.1) is 0 Å². The Morgan fingerprint density at radius 2 is 1.87 bits per heavy atom. The first kappa shape index (κ1) is 12.4. The lowest BCUT2D eigenvalue weighted by Gasteiger charge is -2.28. The SMILES string of the molecule is CC(C)(O)C(CS(=O)O)c1ccccc1. The fourth-order valence-electron chi connectivity index (χ4n) is 1.54. The largest absolute Gasteiger partial charge is 0.390 e. The summed E-state index contributed by atoms with van der Waals surface area (Å²) in [6.07, 6.45) is 0. The molecule has 0 aliphatic rings. The third-order valence-corrected chi connectivity index (χ3v) is 2.98. The Balaban J connectivity index is 2.97. The maximum Gasteiger partial charge on any atom is 0.153 e. The van der Waals surface area contributed by atoms with Gasteiger partial charge >= 0.3 is 0 Å². The molecule has 0 saturated carbocycles. The minimum Gasteiger partial charge on any atom is -0.390 e. The van der Waals surface area contributed by atoms with Crippen LogP contribution in [0.15, 0.2) is 30.3 Å². The highest BCUT2D eigenvalue weighted by atomic mass is 32.2. The van der Waals surface area contributed by atoms with E-state index in [1.165, 1.54) is 0 Å². The van der Waals surface area contributed by atoms with Crippen molar-refractivity contribution in [1.82, 2.24) is 0 Å². The van der Waals surface area contributed by atoms with E-state index in [0.717, 1.165) is 5.56 Å². The molecule has 0 aromatic heterocycles. The van der Waals surface area contributed by atoms with E-state index >= 15 is 0 Å². The molecule has 2 atom stereocenters. The van der Waals surface area contributed by atoms with Gasteiger partial charge < -0.3 is 9.66 Å². The molecule has 0 fully saturated rings. The number of hydrogen-bond donors (Lipinski definition) is 2. The van der Waals surface area contributed by atoms with Gasteiger partial charge in [-0.2, -0.15) is 0 Å². The second-order valence-corrected chi connectivity index (χ2v) is 5.08. The predicted molar refractivity (Wildman–Crippen MR) is 61.1 cm³/mol. The number of benzene rings is 1. The summed E-state index contributed by atoms with van der Waals surface area (Å²) in [6.45, 7) is 3.30. The molecule has 0 amide bonds. The minimum atomic E-state index is -1.90. The summed E-state index contributed by atoms with van der Waals surface area (Å²) in [7, 11) is 0. The third kappa shape index (κ3) is 3.74. The first-order valence-electron chi connectivity index (χ1n) is 4.76. The molecule has 84 valence electrons. The number of hydrogen-bond acceptors (Lipinski definition) is 2. The topological polar surface area (TPSA) is 57.5 Å². The average Bonchev–Trinajstić information content (AvgIpc) is 2.14. The van der Waals surface area contributed by atoms with Crippen LogP contribution in [0.3, 0.4) is 0 Å². The molecule has 4 heteroatoms. The quantitative estimate of drug-likeness (QED) is 0.772. The van der Waals surface area contributed by atoms with Crippen molar-refractivity contribution in [2.45, 2.75) is 25.4 Å². The maximum absolute atomic E-state index is 10.8. The lowest BCUT2D eigenvalue weighted by Crippen LogP contribution is -2.32. The molecule has 0 saturated heterocycles. The van der Waals surface area contributed by atoms with Crippen molar-refractivity contribution >= 4 is 11.1 Å². The van der Waals surface area contributed by atoms with Gasteiger partial charge in [-0.3, -0.25) is 0 Å². The standard InChI is InChI=1S/C11H16O3S/c1-11(2,12)10(8-15(13)14)9-6-4-3-5-7-9/h3-7,10,12H,8H2,1-2H3,(H,13,14). The summed E-state index contributed by atoms with van der Waals surface area (Å²) in [5.74, 6) is -0.280. The highest BCUT2D eigenvalue weighted by Gasteiger charge is 2.29. The molecule has 2 unspecified atom stereocenters. The van der Waals surface area contributed by atoms with Crippen LogP contribution in [0.2, 0.25) is 0 Å². The van der Waals surface area contributed by atoms with Crippen molar-refractivity contribution in [3.05, 3.63) is 35.9 Å². The van der Waals surface area contributed by atoms with Crippen LogP contribution in [-0.2, 0) is 11.1 Å². The lowest BCUT2D eigenvalue weighted by atomic mass is 9.86. The molecule has 1 rings (SSSR count). The highest BCUT2D eigenvalue weighted by Crippen LogP contribution is 2.28. The molecule has 0 bridgehead atoms. The van der Waals surface area contributed by atoms with Gasteiger partial charge in [-0.05, 0) is 19.4 Å². The zero-order valence-corrected chi connectivity index (χ0v) is 9.70.